The second kappa shape index (κ2) is 9.65. The van der Waals surface area contributed by atoms with Gasteiger partial charge in [-0.3, -0.25) is 19.3 Å². The number of hydrogen-bond acceptors (Lipinski definition) is 4. The number of carbonyl (C=O) groups excluding carboxylic acids is 4. The van der Waals surface area contributed by atoms with Crippen molar-refractivity contribution >= 4 is 29.4 Å². The van der Waals surface area contributed by atoms with Crippen LogP contribution in [0.3, 0.4) is 0 Å². The number of imide groups is 2. The van der Waals surface area contributed by atoms with Gasteiger partial charge in [0.05, 0.1) is 23.6 Å². The van der Waals surface area contributed by atoms with Crippen LogP contribution >= 0.6 is 0 Å². The summed E-state index contributed by atoms with van der Waals surface area (Å²) in [5.74, 6) is -3.68. The molecular weight excluding hydrogens is 521 g/mol. The van der Waals surface area contributed by atoms with Crippen molar-refractivity contribution in [2.75, 3.05) is 4.90 Å². The Morgan fingerprint density at radius 2 is 1.39 bits per heavy atom. The molecule has 1 saturated carbocycles. The van der Waals surface area contributed by atoms with Gasteiger partial charge in [-0.25, -0.2) is 14.1 Å². The van der Waals surface area contributed by atoms with Crippen LogP contribution in [0.2, 0.25) is 0 Å². The molecule has 4 atom stereocenters. The van der Waals surface area contributed by atoms with Gasteiger partial charge >= 0.3 is 6.03 Å². The Labute approximate surface area is 237 Å². The van der Waals surface area contributed by atoms with E-state index in [0.29, 0.717) is 11.3 Å². The van der Waals surface area contributed by atoms with Crippen LogP contribution in [0.5, 0.6) is 0 Å². The number of amides is 5. The van der Waals surface area contributed by atoms with Gasteiger partial charge in [0.25, 0.3) is 5.91 Å². The first-order valence-corrected chi connectivity index (χ1v) is 14.3. The number of rotatable bonds is 5. The fourth-order valence-electron chi connectivity index (χ4n) is 7.70. The zero-order valence-electron chi connectivity index (χ0n) is 22.5. The molecule has 8 heteroatoms. The number of urea groups is 1. The maximum Gasteiger partial charge on any atom is 0.332 e. The lowest BCUT2D eigenvalue weighted by molar-refractivity contribution is -0.147. The summed E-state index contributed by atoms with van der Waals surface area (Å²) in [6, 6.07) is 22.0. The summed E-state index contributed by atoms with van der Waals surface area (Å²) in [6.45, 7) is 0. The van der Waals surface area contributed by atoms with Crippen molar-refractivity contribution in [3.8, 4) is 0 Å². The molecule has 4 fully saturated rings. The van der Waals surface area contributed by atoms with E-state index in [0.717, 1.165) is 42.6 Å². The summed E-state index contributed by atoms with van der Waals surface area (Å²) in [5, 5.41) is 0. The third kappa shape index (κ3) is 3.69. The maximum atomic E-state index is 14.8. The number of hydrogen-bond donors (Lipinski definition) is 0. The Kier molecular flexibility index (Phi) is 6.03. The molecule has 0 bridgehead atoms. The molecule has 3 aromatic rings. The van der Waals surface area contributed by atoms with Gasteiger partial charge in [0.2, 0.25) is 11.8 Å². The SMILES string of the molecule is O=C1[C@H]2[C@@H](c3ccc(F)cc3)N3C(=O)N(c4ccccc4)C(=O)[C@@]3(Cc3ccccc3)[C@H]2C(=O)N1C1CCCCC1. The minimum atomic E-state index is -1.62. The number of anilines is 1. The second-order valence-corrected chi connectivity index (χ2v) is 11.6. The third-order valence-corrected chi connectivity index (χ3v) is 9.40. The minimum Gasteiger partial charge on any atom is -0.300 e. The summed E-state index contributed by atoms with van der Waals surface area (Å²) in [5.41, 5.74) is 0.0934. The molecule has 4 aliphatic rings. The lowest BCUT2D eigenvalue weighted by Gasteiger charge is -2.37. The van der Waals surface area contributed by atoms with Crippen molar-refractivity contribution < 1.29 is 23.6 Å². The number of halogens is 1. The summed E-state index contributed by atoms with van der Waals surface area (Å²) in [7, 11) is 0. The molecule has 208 valence electrons. The molecule has 0 spiro atoms. The Balaban J connectivity index is 1.45. The van der Waals surface area contributed by atoms with Gasteiger partial charge in [0.15, 0.2) is 0 Å². The van der Waals surface area contributed by atoms with E-state index in [2.05, 4.69) is 0 Å². The van der Waals surface area contributed by atoms with Crippen LogP contribution in [-0.2, 0) is 20.8 Å². The fraction of sp³-hybridized carbons (Fsp3) is 0.333. The monoisotopic (exact) mass is 551 g/mol. The van der Waals surface area contributed by atoms with Gasteiger partial charge in [-0.15, -0.1) is 0 Å². The van der Waals surface area contributed by atoms with Crippen molar-refractivity contribution in [3.63, 3.8) is 0 Å². The van der Waals surface area contributed by atoms with Crippen molar-refractivity contribution in [2.45, 2.75) is 56.1 Å². The van der Waals surface area contributed by atoms with E-state index in [1.807, 2.05) is 30.3 Å². The second-order valence-electron chi connectivity index (χ2n) is 11.6. The number of para-hydroxylation sites is 1. The lowest BCUT2D eigenvalue weighted by Crippen LogP contribution is -2.56. The highest BCUT2D eigenvalue weighted by atomic mass is 19.1. The normalized spacial score (nSPS) is 28.0. The smallest absolute Gasteiger partial charge is 0.300 e. The first kappa shape index (κ1) is 25.6. The Bertz CT molecular complexity index is 1520. The van der Waals surface area contributed by atoms with Crippen LogP contribution in [0.15, 0.2) is 84.9 Å². The van der Waals surface area contributed by atoms with Gasteiger partial charge in [-0.1, -0.05) is 79.9 Å². The Morgan fingerprint density at radius 1 is 0.756 bits per heavy atom. The molecule has 3 heterocycles. The average Bonchev–Trinajstić information content (AvgIpc) is 3.52. The number of benzene rings is 3. The van der Waals surface area contributed by atoms with Crippen molar-refractivity contribution in [1.29, 1.82) is 0 Å². The molecule has 41 heavy (non-hydrogen) atoms. The minimum absolute atomic E-state index is 0.0815. The predicted octanol–water partition coefficient (Wildman–Crippen LogP) is 5.26. The Morgan fingerprint density at radius 3 is 2.05 bits per heavy atom. The fourth-order valence-corrected chi connectivity index (χ4v) is 7.70. The van der Waals surface area contributed by atoms with E-state index in [1.54, 1.807) is 42.5 Å². The van der Waals surface area contributed by atoms with Gasteiger partial charge in [0, 0.05) is 12.5 Å². The van der Waals surface area contributed by atoms with Crippen LogP contribution in [0.4, 0.5) is 14.9 Å². The lowest BCUT2D eigenvalue weighted by atomic mass is 9.75. The summed E-state index contributed by atoms with van der Waals surface area (Å²) in [4.78, 5) is 62.0. The maximum absolute atomic E-state index is 14.8. The van der Waals surface area contributed by atoms with E-state index in [1.165, 1.54) is 21.9 Å². The van der Waals surface area contributed by atoms with Gasteiger partial charge in [0.1, 0.15) is 11.4 Å². The number of nitrogens with zero attached hydrogens (tertiary/aromatic N) is 3. The molecule has 3 aliphatic heterocycles. The molecule has 1 aliphatic carbocycles. The first-order chi connectivity index (χ1) is 19.9. The average molecular weight is 552 g/mol. The summed E-state index contributed by atoms with van der Waals surface area (Å²) >= 11 is 0. The third-order valence-electron chi connectivity index (χ3n) is 9.40. The van der Waals surface area contributed by atoms with Crippen LogP contribution in [0.25, 0.3) is 0 Å². The molecule has 0 radical (unpaired) electrons. The molecule has 0 aromatic heterocycles. The highest BCUT2D eigenvalue weighted by Gasteiger charge is 2.77. The van der Waals surface area contributed by atoms with E-state index in [4.69, 9.17) is 0 Å². The zero-order valence-corrected chi connectivity index (χ0v) is 22.5. The quantitative estimate of drug-likeness (QED) is 0.320. The molecular formula is C33H30FN3O4. The molecule has 0 N–H and O–H groups in total. The molecule has 3 aromatic carbocycles. The highest BCUT2D eigenvalue weighted by molar-refractivity contribution is 6.27. The number of carbonyl (C=O) groups is 4. The van der Waals surface area contributed by atoms with Crippen LogP contribution < -0.4 is 4.90 Å². The molecule has 7 nitrogen and oxygen atoms in total. The molecule has 7 rings (SSSR count). The van der Waals surface area contributed by atoms with E-state index >= 15 is 0 Å². The van der Waals surface area contributed by atoms with Crippen molar-refractivity contribution in [2.24, 2.45) is 11.8 Å². The van der Waals surface area contributed by atoms with Crippen LogP contribution in [-0.4, -0.2) is 45.1 Å². The van der Waals surface area contributed by atoms with Crippen LogP contribution in [0.1, 0.15) is 49.3 Å². The van der Waals surface area contributed by atoms with Gasteiger partial charge < -0.3 is 4.90 Å². The predicted molar refractivity (Wildman–Crippen MR) is 149 cm³/mol. The summed E-state index contributed by atoms with van der Waals surface area (Å²) in [6.07, 6.45) is 4.46. The zero-order chi connectivity index (χ0) is 28.3. The van der Waals surface area contributed by atoms with E-state index in [-0.39, 0.29) is 24.3 Å². The van der Waals surface area contributed by atoms with Crippen molar-refractivity contribution in [1.82, 2.24) is 9.80 Å². The first-order valence-electron chi connectivity index (χ1n) is 14.3. The number of fused-ring (bicyclic) bond motifs is 3. The van der Waals surface area contributed by atoms with Crippen molar-refractivity contribution in [3.05, 3.63) is 102 Å². The molecule has 5 amide bonds. The van der Waals surface area contributed by atoms with E-state index < -0.39 is 41.2 Å². The van der Waals surface area contributed by atoms with Gasteiger partial charge in [-0.2, -0.15) is 0 Å². The highest BCUT2D eigenvalue weighted by Crippen LogP contribution is 2.60. The standard InChI is InChI=1S/C33H30FN3O4/c34-23-18-16-22(17-19-23)28-26-27(30(39)35(29(26)38)24-12-6-2-7-13-24)33(20-21-10-4-1-5-11-21)31(40)36(32(41)37(28)33)25-14-8-3-9-15-25/h1,3-5,8-11,14-19,24,26-28H,2,6-7,12-13,20H2/t26-,27-,28-,33-/m1/s1. The Hall–Kier alpha value is -4.33. The van der Waals surface area contributed by atoms with E-state index in [9.17, 15) is 23.6 Å². The largest absolute Gasteiger partial charge is 0.332 e. The molecule has 3 saturated heterocycles. The topological polar surface area (TPSA) is 78.0 Å². The molecule has 0 unspecified atom stereocenters. The number of likely N-dealkylation sites (tertiary alicyclic amines) is 1. The summed E-state index contributed by atoms with van der Waals surface area (Å²) < 4.78 is 14.1. The van der Waals surface area contributed by atoms with Gasteiger partial charge in [-0.05, 0) is 48.2 Å². The van der Waals surface area contributed by atoms with Crippen LogP contribution in [0, 0.1) is 17.7 Å².